The number of alkyl halides is 1. The third kappa shape index (κ3) is 1.73. The first-order chi connectivity index (χ1) is 6.81. The van der Waals surface area contributed by atoms with E-state index in [4.69, 9.17) is 4.74 Å². The van der Waals surface area contributed by atoms with Crippen molar-refractivity contribution in [3.63, 3.8) is 0 Å². The molecule has 1 aromatic carbocycles. The summed E-state index contributed by atoms with van der Waals surface area (Å²) in [5.74, 6) is 0.929. The summed E-state index contributed by atoms with van der Waals surface area (Å²) in [5, 5.41) is 0.352. The first-order valence-corrected chi connectivity index (χ1v) is 5.45. The second-order valence-electron chi connectivity index (χ2n) is 3.05. The molecule has 0 N–H and O–H groups in total. The lowest BCUT2D eigenvalue weighted by atomic mass is 10.1. The van der Waals surface area contributed by atoms with Gasteiger partial charge in [-0.1, -0.05) is 34.1 Å². The van der Waals surface area contributed by atoms with Crippen molar-refractivity contribution in [2.45, 2.75) is 0 Å². The fourth-order valence-electron chi connectivity index (χ4n) is 1.36. The molecular weight excluding hydrogens is 244 g/mol. The molecule has 0 spiro atoms. The quantitative estimate of drug-likeness (QED) is 0.756. The van der Waals surface area contributed by atoms with E-state index in [1.165, 1.54) is 0 Å². The Morgan fingerprint density at radius 1 is 1.43 bits per heavy atom. The molecule has 72 valence electrons. The number of para-hydroxylation sites is 1. The van der Waals surface area contributed by atoms with Crippen LogP contribution in [0.4, 0.5) is 0 Å². The second kappa shape index (κ2) is 3.96. The van der Waals surface area contributed by atoms with Gasteiger partial charge in [0.15, 0.2) is 5.78 Å². The topological polar surface area (TPSA) is 26.3 Å². The number of rotatable bonds is 2. The number of carbonyl (C=O) groups excluding carboxylic acids is 1. The number of ether oxygens (including phenoxy) is 1. The number of hydrogen-bond acceptors (Lipinski definition) is 2. The Morgan fingerprint density at radius 2 is 2.21 bits per heavy atom. The van der Waals surface area contributed by atoms with Crippen molar-refractivity contribution in [3.05, 3.63) is 35.4 Å². The molecule has 0 unspecified atom stereocenters. The highest BCUT2D eigenvalue weighted by molar-refractivity contribution is 9.09. The molecule has 0 saturated carbocycles. The molecule has 1 aromatic rings. The molecule has 2 rings (SSSR count). The molecule has 0 aromatic heterocycles. The van der Waals surface area contributed by atoms with E-state index in [2.05, 4.69) is 15.9 Å². The third-order valence-electron chi connectivity index (χ3n) is 2.11. The minimum Gasteiger partial charge on any atom is -0.488 e. The van der Waals surface area contributed by atoms with Gasteiger partial charge in [0.05, 0.1) is 5.33 Å². The summed E-state index contributed by atoms with van der Waals surface area (Å²) in [5.41, 5.74) is 1.70. The summed E-state index contributed by atoms with van der Waals surface area (Å²) in [6.07, 6.45) is 1.89. The van der Waals surface area contributed by atoms with Crippen LogP contribution in [0.25, 0.3) is 6.08 Å². The summed E-state index contributed by atoms with van der Waals surface area (Å²) in [4.78, 5) is 11.4. The standard InChI is InChI=1S/C11H9BrO2/c12-6-10(13)9-5-8-3-1-2-4-11(8)14-7-9/h1-5H,6-7H2. The van der Waals surface area contributed by atoms with Crippen LogP contribution in [0.15, 0.2) is 29.8 Å². The molecule has 0 saturated heterocycles. The number of Topliss-reactive ketones (excluding diaryl/α,β-unsaturated/α-hetero) is 1. The third-order valence-corrected chi connectivity index (χ3v) is 2.62. The SMILES string of the molecule is O=C(CBr)C1=Cc2ccccc2OC1. The molecule has 0 amide bonds. The van der Waals surface area contributed by atoms with E-state index >= 15 is 0 Å². The van der Waals surface area contributed by atoms with Crippen LogP contribution in [-0.2, 0) is 4.79 Å². The maximum absolute atomic E-state index is 11.4. The van der Waals surface area contributed by atoms with Crippen molar-refractivity contribution in [2.24, 2.45) is 0 Å². The average molecular weight is 253 g/mol. The number of carbonyl (C=O) groups is 1. The van der Waals surface area contributed by atoms with Gasteiger partial charge in [0.1, 0.15) is 12.4 Å². The molecule has 3 heteroatoms. The zero-order chi connectivity index (χ0) is 9.97. The summed E-state index contributed by atoms with van der Waals surface area (Å²) >= 11 is 3.14. The smallest absolute Gasteiger partial charge is 0.172 e. The molecule has 14 heavy (non-hydrogen) atoms. The van der Waals surface area contributed by atoms with E-state index in [1.54, 1.807) is 0 Å². The summed E-state index contributed by atoms with van der Waals surface area (Å²) in [6, 6.07) is 7.70. The largest absolute Gasteiger partial charge is 0.488 e. The Hall–Kier alpha value is -1.09. The minimum absolute atomic E-state index is 0.0829. The van der Waals surface area contributed by atoms with Crippen molar-refractivity contribution in [1.82, 2.24) is 0 Å². The van der Waals surface area contributed by atoms with Gasteiger partial charge in [-0.2, -0.15) is 0 Å². The van der Waals surface area contributed by atoms with E-state index in [1.807, 2.05) is 30.3 Å². The maximum atomic E-state index is 11.4. The van der Waals surface area contributed by atoms with Gasteiger partial charge >= 0.3 is 0 Å². The molecule has 1 heterocycles. The number of fused-ring (bicyclic) bond motifs is 1. The van der Waals surface area contributed by atoms with E-state index in [-0.39, 0.29) is 5.78 Å². The predicted molar refractivity (Wildman–Crippen MR) is 58.7 cm³/mol. The molecule has 1 aliphatic heterocycles. The Kier molecular flexibility index (Phi) is 2.68. The van der Waals surface area contributed by atoms with Crippen molar-refractivity contribution in [1.29, 1.82) is 0 Å². The van der Waals surface area contributed by atoms with Gasteiger partial charge in [-0.15, -0.1) is 0 Å². The maximum Gasteiger partial charge on any atom is 0.172 e. The number of benzene rings is 1. The van der Waals surface area contributed by atoms with Crippen LogP contribution in [0.2, 0.25) is 0 Å². The Bertz CT molecular complexity index is 396. The van der Waals surface area contributed by atoms with E-state index in [0.29, 0.717) is 11.9 Å². The van der Waals surface area contributed by atoms with Gasteiger partial charge in [-0.25, -0.2) is 0 Å². The normalized spacial score (nSPS) is 13.9. The van der Waals surface area contributed by atoms with Crippen molar-refractivity contribution < 1.29 is 9.53 Å². The lowest BCUT2D eigenvalue weighted by molar-refractivity contribution is -0.113. The van der Waals surface area contributed by atoms with Gasteiger partial charge in [0.2, 0.25) is 0 Å². The minimum atomic E-state index is 0.0829. The molecule has 0 aliphatic carbocycles. The molecular formula is C11H9BrO2. The zero-order valence-corrected chi connectivity index (χ0v) is 9.08. The lowest BCUT2D eigenvalue weighted by Crippen LogP contribution is -2.15. The fourth-order valence-corrected chi connectivity index (χ4v) is 1.72. The van der Waals surface area contributed by atoms with Gasteiger partial charge in [0.25, 0.3) is 0 Å². The van der Waals surface area contributed by atoms with Gasteiger partial charge in [0, 0.05) is 11.1 Å². The van der Waals surface area contributed by atoms with Gasteiger partial charge in [-0.05, 0) is 12.1 Å². The van der Waals surface area contributed by atoms with Crippen molar-refractivity contribution in [2.75, 3.05) is 11.9 Å². The zero-order valence-electron chi connectivity index (χ0n) is 7.50. The molecule has 2 nitrogen and oxygen atoms in total. The molecule has 1 aliphatic rings. The van der Waals surface area contributed by atoms with Crippen LogP contribution in [0.1, 0.15) is 5.56 Å². The van der Waals surface area contributed by atoms with Crippen LogP contribution >= 0.6 is 15.9 Å². The van der Waals surface area contributed by atoms with E-state index < -0.39 is 0 Å². The molecule has 0 radical (unpaired) electrons. The number of halogens is 1. The van der Waals surface area contributed by atoms with Crippen LogP contribution in [0, 0.1) is 0 Å². The monoisotopic (exact) mass is 252 g/mol. The van der Waals surface area contributed by atoms with Crippen LogP contribution < -0.4 is 4.74 Å². The summed E-state index contributed by atoms with van der Waals surface area (Å²) in [6.45, 7) is 0.376. The number of hydrogen-bond donors (Lipinski definition) is 0. The van der Waals surface area contributed by atoms with Crippen LogP contribution in [-0.4, -0.2) is 17.7 Å². The number of ketones is 1. The van der Waals surface area contributed by atoms with E-state index in [0.717, 1.165) is 16.9 Å². The average Bonchev–Trinajstić information content (AvgIpc) is 2.27. The van der Waals surface area contributed by atoms with Crippen molar-refractivity contribution in [3.8, 4) is 5.75 Å². The van der Waals surface area contributed by atoms with Gasteiger partial charge < -0.3 is 4.74 Å². The van der Waals surface area contributed by atoms with Crippen LogP contribution in [0.5, 0.6) is 5.75 Å². The first-order valence-electron chi connectivity index (χ1n) is 4.33. The fraction of sp³-hybridized carbons (Fsp3) is 0.182. The molecule has 0 atom stereocenters. The van der Waals surface area contributed by atoms with Gasteiger partial charge in [-0.3, -0.25) is 4.79 Å². The Balaban J connectivity index is 2.36. The van der Waals surface area contributed by atoms with Crippen molar-refractivity contribution >= 4 is 27.8 Å². The second-order valence-corrected chi connectivity index (χ2v) is 3.61. The Morgan fingerprint density at radius 3 is 3.00 bits per heavy atom. The van der Waals surface area contributed by atoms with Crippen LogP contribution in [0.3, 0.4) is 0 Å². The highest BCUT2D eigenvalue weighted by Crippen LogP contribution is 2.25. The highest BCUT2D eigenvalue weighted by atomic mass is 79.9. The molecule has 0 fully saturated rings. The van der Waals surface area contributed by atoms with E-state index in [9.17, 15) is 4.79 Å². The summed E-state index contributed by atoms with van der Waals surface area (Å²) < 4.78 is 5.45. The lowest BCUT2D eigenvalue weighted by Gasteiger charge is -2.16. The first kappa shape index (κ1) is 9.46. The molecule has 0 bridgehead atoms. The predicted octanol–water partition coefficient (Wildman–Crippen LogP) is 2.43. The highest BCUT2D eigenvalue weighted by Gasteiger charge is 2.15. The summed E-state index contributed by atoms with van der Waals surface area (Å²) in [7, 11) is 0. The Labute approximate surface area is 90.7 Å².